The van der Waals surface area contributed by atoms with Crippen molar-refractivity contribution >= 4 is 18.0 Å². The number of amides is 2. The average Bonchev–Trinajstić information content (AvgIpc) is 3.59. The number of fused-ring (bicyclic) bond motifs is 3. The smallest absolute Gasteiger partial charge is 0.407 e. The minimum absolute atomic E-state index is 0.0228. The molecule has 8 heteroatoms. The van der Waals surface area contributed by atoms with Gasteiger partial charge in [0.1, 0.15) is 18.8 Å². The Morgan fingerprint density at radius 2 is 1.71 bits per heavy atom. The average molecular weight is 465 g/mol. The van der Waals surface area contributed by atoms with Gasteiger partial charge in [-0.2, -0.15) is 0 Å². The second-order valence-electron chi connectivity index (χ2n) is 9.07. The third-order valence-electron chi connectivity index (χ3n) is 7.13. The van der Waals surface area contributed by atoms with Gasteiger partial charge in [0.05, 0.1) is 0 Å². The second-order valence-corrected chi connectivity index (χ2v) is 9.07. The first-order valence-corrected chi connectivity index (χ1v) is 11.8. The Kier molecular flexibility index (Phi) is 6.24. The molecule has 2 aromatic rings. The molecule has 2 aliphatic heterocycles. The molecule has 2 aromatic carbocycles. The molecule has 2 saturated heterocycles. The van der Waals surface area contributed by atoms with Gasteiger partial charge < -0.3 is 24.8 Å². The Labute approximate surface area is 197 Å². The molecule has 1 aliphatic carbocycles. The third kappa shape index (κ3) is 4.14. The molecule has 0 saturated carbocycles. The van der Waals surface area contributed by atoms with Crippen LogP contribution in [0, 0.1) is 5.92 Å². The number of carboxylic acid groups (broad SMARTS) is 1. The van der Waals surface area contributed by atoms with E-state index < -0.39 is 24.2 Å². The highest BCUT2D eigenvalue weighted by molar-refractivity contribution is 5.87. The summed E-state index contributed by atoms with van der Waals surface area (Å²) in [6.45, 7) is 1.28. The van der Waals surface area contributed by atoms with Crippen LogP contribution in [0.5, 0.6) is 0 Å². The summed E-state index contributed by atoms with van der Waals surface area (Å²) in [5.74, 6) is -1.53. The fourth-order valence-corrected chi connectivity index (χ4v) is 5.43. The zero-order valence-corrected chi connectivity index (χ0v) is 18.8. The molecule has 0 aromatic heterocycles. The van der Waals surface area contributed by atoms with Crippen LogP contribution in [0.1, 0.15) is 36.3 Å². The number of rotatable bonds is 6. The number of carboxylic acids is 1. The van der Waals surface area contributed by atoms with Crippen molar-refractivity contribution < 1.29 is 29.0 Å². The predicted molar refractivity (Wildman–Crippen MR) is 123 cm³/mol. The largest absolute Gasteiger partial charge is 0.480 e. The number of carbonyl (C=O) groups is 3. The van der Waals surface area contributed by atoms with E-state index in [0.29, 0.717) is 32.4 Å². The number of aliphatic carboxylic acids is 1. The van der Waals surface area contributed by atoms with Crippen LogP contribution in [0.25, 0.3) is 11.1 Å². The molecule has 178 valence electrons. The van der Waals surface area contributed by atoms with Gasteiger partial charge in [-0.05, 0) is 41.5 Å². The van der Waals surface area contributed by atoms with Crippen molar-refractivity contribution in [3.05, 3.63) is 59.7 Å². The molecule has 8 nitrogen and oxygen atoms in total. The summed E-state index contributed by atoms with van der Waals surface area (Å²) in [7, 11) is 0. The maximum Gasteiger partial charge on any atom is 0.407 e. The number of alkyl carbamates (subject to hydrolysis) is 1. The van der Waals surface area contributed by atoms with Crippen molar-refractivity contribution in [1.29, 1.82) is 0 Å². The van der Waals surface area contributed by atoms with Gasteiger partial charge in [-0.1, -0.05) is 48.5 Å². The lowest BCUT2D eigenvalue weighted by Crippen LogP contribution is -2.48. The monoisotopic (exact) mass is 464 g/mol. The minimum atomic E-state index is -0.989. The van der Waals surface area contributed by atoms with E-state index in [1.807, 2.05) is 24.3 Å². The Morgan fingerprint density at radius 1 is 1.03 bits per heavy atom. The highest BCUT2D eigenvalue weighted by Crippen LogP contribution is 2.44. The summed E-state index contributed by atoms with van der Waals surface area (Å²) >= 11 is 0. The van der Waals surface area contributed by atoms with Crippen LogP contribution < -0.4 is 5.32 Å². The first-order valence-electron chi connectivity index (χ1n) is 11.8. The molecule has 5 rings (SSSR count). The van der Waals surface area contributed by atoms with Gasteiger partial charge in [0.15, 0.2) is 0 Å². The number of ether oxygens (including phenoxy) is 2. The first-order chi connectivity index (χ1) is 16.5. The van der Waals surface area contributed by atoms with Gasteiger partial charge in [-0.15, -0.1) is 0 Å². The number of likely N-dealkylation sites (tertiary alicyclic amines) is 1. The van der Waals surface area contributed by atoms with Crippen molar-refractivity contribution in [1.82, 2.24) is 10.2 Å². The highest BCUT2D eigenvalue weighted by Gasteiger charge is 2.42. The van der Waals surface area contributed by atoms with E-state index in [2.05, 4.69) is 29.6 Å². The zero-order chi connectivity index (χ0) is 23.7. The quantitative estimate of drug-likeness (QED) is 0.681. The number of benzene rings is 2. The van der Waals surface area contributed by atoms with Crippen LogP contribution in [0.4, 0.5) is 4.79 Å². The second kappa shape index (κ2) is 9.46. The van der Waals surface area contributed by atoms with Crippen molar-refractivity contribution in [2.45, 2.75) is 37.3 Å². The summed E-state index contributed by atoms with van der Waals surface area (Å²) < 4.78 is 11.2. The fourth-order valence-electron chi connectivity index (χ4n) is 5.43. The van der Waals surface area contributed by atoms with Crippen molar-refractivity contribution in [2.24, 2.45) is 5.92 Å². The predicted octanol–water partition coefficient (Wildman–Crippen LogP) is 3.01. The summed E-state index contributed by atoms with van der Waals surface area (Å²) in [5, 5.41) is 12.2. The molecule has 0 spiro atoms. The third-order valence-corrected chi connectivity index (χ3v) is 7.13. The highest BCUT2D eigenvalue weighted by atomic mass is 16.5. The number of carbonyl (C=O) groups excluding carboxylic acids is 2. The van der Waals surface area contributed by atoms with Crippen LogP contribution in [0.3, 0.4) is 0 Å². The Hall–Kier alpha value is -3.39. The van der Waals surface area contributed by atoms with Gasteiger partial charge in [-0.3, -0.25) is 4.79 Å². The van der Waals surface area contributed by atoms with Gasteiger partial charge in [0, 0.05) is 31.5 Å². The van der Waals surface area contributed by atoms with Gasteiger partial charge >= 0.3 is 12.1 Å². The van der Waals surface area contributed by atoms with Gasteiger partial charge in [0.25, 0.3) is 5.91 Å². The fraction of sp³-hybridized carbons (Fsp3) is 0.423. The van der Waals surface area contributed by atoms with Crippen molar-refractivity contribution in [2.75, 3.05) is 26.3 Å². The molecule has 2 heterocycles. The Morgan fingerprint density at radius 3 is 2.38 bits per heavy atom. The van der Waals surface area contributed by atoms with Crippen LogP contribution in [0.2, 0.25) is 0 Å². The molecule has 3 atom stereocenters. The summed E-state index contributed by atoms with van der Waals surface area (Å²) in [6, 6.07) is 15.5. The molecule has 0 bridgehead atoms. The Balaban J connectivity index is 1.17. The van der Waals surface area contributed by atoms with E-state index in [1.54, 1.807) is 0 Å². The number of hydrogen-bond donors (Lipinski definition) is 2. The molecule has 3 aliphatic rings. The Bertz CT molecular complexity index is 1060. The minimum Gasteiger partial charge on any atom is -0.480 e. The van der Waals surface area contributed by atoms with E-state index in [1.165, 1.54) is 4.90 Å². The van der Waals surface area contributed by atoms with Crippen molar-refractivity contribution in [3.63, 3.8) is 0 Å². The topological polar surface area (TPSA) is 105 Å². The molecule has 2 fully saturated rings. The molecule has 2 N–H and O–H groups in total. The zero-order valence-electron chi connectivity index (χ0n) is 18.8. The number of hydrogen-bond acceptors (Lipinski definition) is 5. The molecule has 2 amide bonds. The van der Waals surface area contributed by atoms with Gasteiger partial charge in [0.2, 0.25) is 0 Å². The molecule has 34 heavy (non-hydrogen) atoms. The molecule has 2 unspecified atom stereocenters. The van der Waals surface area contributed by atoms with Crippen molar-refractivity contribution in [3.8, 4) is 11.1 Å². The number of nitrogens with one attached hydrogen (secondary N) is 1. The SMILES string of the molecule is O=C(NCC1CCOC1C(=O)N1CCC[C@@H]1C(=O)O)OCC1c2ccccc2-c2ccccc21. The normalized spacial score (nSPS) is 23.4. The van der Waals surface area contributed by atoms with Crippen LogP contribution in [-0.4, -0.2) is 66.4 Å². The summed E-state index contributed by atoms with van der Waals surface area (Å²) in [6.07, 6.45) is 0.457. The summed E-state index contributed by atoms with van der Waals surface area (Å²) in [4.78, 5) is 38.3. The van der Waals surface area contributed by atoms with Crippen LogP contribution in [-0.2, 0) is 19.1 Å². The van der Waals surface area contributed by atoms with Gasteiger partial charge in [-0.25, -0.2) is 9.59 Å². The first kappa shape index (κ1) is 22.4. The van der Waals surface area contributed by atoms with E-state index >= 15 is 0 Å². The maximum atomic E-state index is 12.9. The van der Waals surface area contributed by atoms with E-state index in [9.17, 15) is 19.5 Å². The van der Waals surface area contributed by atoms with E-state index in [0.717, 1.165) is 22.3 Å². The number of nitrogens with zero attached hydrogens (tertiary/aromatic N) is 1. The van der Waals surface area contributed by atoms with E-state index in [4.69, 9.17) is 9.47 Å². The molecular formula is C26H28N2O6. The lowest BCUT2D eigenvalue weighted by atomic mass is 9.98. The van der Waals surface area contributed by atoms with Crippen LogP contribution >= 0.6 is 0 Å². The van der Waals surface area contributed by atoms with E-state index in [-0.39, 0.29) is 30.9 Å². The molecule has 0 radical (unpaired) electrons. The molecular weight excluding hydrogens is 436 g/mol. The standard InChI is InChI=1S/C26H28N2O6/c29-24(28-12-5-10-22(28)25(30)31)23-16(11-13-33-23)14-27-26(32)34-15-21-19-8-3-1-6-17(19)18-7-2-4-9-20(18)21/h1-4,6-9,16,21-23H,5,10-15H2,(H,27,32)(H,30,31)/t16?,22-,23?/m1/s1. The van der Waals surface area contributed by atoms with Crippen LogP contribution in [0.15, 0.2) is 48.5 Å². The maximum absolute atomic E-state index is 12.9. The summed E-state index contributed by atoms with van der Waals surface area (Å²) in [5.41, 5.74) is 4.62. The lowest BCUT2D eigenvalue weighted by molar-refractivity contribution is -0.153. The lowest BCUT2D eigenvalue weighted by Gasteiger charge is -2.27.